The fourth-order valence-electron chi connectivity index (χ4n) is 3.50. The first-order valence-corrected chi connectivity index (χ1v) is 11.5. The smallest absolute Gasteiger partial charge is 0.326 e. The van der Waals surface area contributed by atoms with Crippen molar-refractivity contribution in [1.82, 2.24) is 29.9 Å². The zero-order valence-electron chi connectivity index (χ0n) is 17.8. The summed E-state index contributed by atoms with van der Waals surface area (Å²) in [6.07, 6.45) is 7.17. The largest absolute Gasteiger partial charge is 0.493 e. The molecule has 0 bridgehead atoms. The summed E-state index contributed by atoms with van der Waals surface area (Å²) in [5.41, 5.74) is 1.71. The van der Waals surface area contributed by atoms with Crippen LogP contribution in [0.15, 0.2) is 33.0 Å². The molecule has 1 fully saturated rings. The van der Waals surface area contributed by atoms with Gasteiger partial charge in [-0.15, -0.1) is 11.8 Å². The minimum absolute atomic E-state index is 0.0707. The Hall–Kier alpha value is -3.38. The van der Waals surface area contributed by atoms with Crippen molar-refractivity contribution in [1.29, 1.82) is 0 Å². The van der Waals surface area contributed by atoms with E-state index in [0.717, 1.165) is 18.5 Å². The lowest BCUT2D eigenvalue weighted by Crippen LogP contribution is -2.30. The third kappa shape index (κ3) is 4.57. The number of hydrogen-bond donors (Lipinski definition) is 5. The topological polar surface area (TPSA) is 161 Å². The van der Waals surface area contributed by atoms with Gasteiger partial charge < -0.3 is 20.5 Å². The number of rotatable bonds is 6. The molecule has 1 amide bonds. The van der Waals surface area contributed by atoms with Gasteiger partial charge in [-0.2, -0.15) is 9.61 Å². The van der Waals surface area contributed by atoms with Crippen LogP contribution in [0.5, 0.6) is 5.88 Å². The third-order valence-electron chi connectivity index (χ3n) is 5.30. The first-order valence-electron chi connectivity index (χ1n) is 10.7. The van der Waals surface area contributed by atoms with Crippen molar-refractivity contribution in [3.63, 3.8) is 0 Å². The number of allylic oxidation sites excluding steroid dienone is 1. The number of carbonyl (C=O) groups excluding carboxylic acids is 1. The molecule has 12 heteroatoms. The summed E-state index contributed by atoms with van der Waals surface area (Å²) in [5.74, 6) is -0.473. The first-order chi connectivity index (χ1) is 15.9. The van der Waals surface area contributed by atoms with E-state index in [1.807, 2.05) is 12.1 Å². The average Bonchev–Trinajstić information content (AvgIpc) is 3.16. The molecular weight excluding hydrogens is 446 g/mol. The molecule has 33 heavy (non-hydrogen) atoms. The number of aliphatic hydroxyl groups is 1. The van der Waals surface area contributed by atoms with Gasteiger partial charge in [0.1, 0.15) is 5.69 Å². The van der Waals surface area contributed by atoms with Crippen LogP contribution in [-0.4, -0.2) is 59.4 Å². The van der Waals surface area contributed by atoms with Gasteiger partial charge in [0, 0.05) is 17.8 Å². The van der Waals surface area contributed by atoms with Gasteiger partial charge in [0.2, 0.25) is 5.88 Å². The fourth-order valence-corrected chi connectivity index (χ4v) is 4.61. The van der Waals surface area contributed by atoms with Gasteiger partial charge in [0.15, 0.2) is 11.1 Å². The summed E-state index contributed by atoms with van der Waals surface area (Å²) in [5, 5.41) is 27.0. The minimum atomic E-state index is -0.613. The van der Waals surface area contributed by atoms with Crippen LogP contribution in [0.4, 0.5) is 0 Å². The van der Waals surface area contributed by atoms with E-state index < -0.39 is 11.8 Å². The van der Waals surface area contributed by atoms with E-state index in [-0.39, 0.29) is 35.3 Å². The number of aromatic hydroxyl groups is 1. The minimum Gasteiger partial charge on any atom is -0.493 e. The lowest BCUT2D eigenvalue weighted by atomic mass is 10.2. The summed E-state index contributed by atoms with van der Waals surface area (Å²) < 4.78 is 1.65. The Morgan fingerprint density at radius 2 is 2.27 bits per heavy atom. The second-order valence-electron chi connectivity index (χ2n) is 8.19. The van der Waals surface area contributed by atoms with Crippen LogP contribution in [-0.2, 0) is 4.79 Å². The van der Waals surface area contributed by atoms with Gasteiger partial charge in [-0.3, -0.25) is 14.8 Å². The highest BCUT2D eigenvalue weighted by Gasteiger charge is 2.27. The maximum atomic E-state index is 12.4. The zero-order valence-corrected chi connectivity index (χ0v) is 18.6. The van der Waals surface area contributed by atoms with Gasteiger partial charge in [-0.1, -0.05) is 6.08 Å². The number of aromatic nitrogens is 5. The van der Waals surface area contributed by atoms with Crippen molar-refractivity contribution in [3.05, 3.63) is 55.8 Å². The van der Waals surface area contributed by atoms with Gasteiger partial charge >= 0.3 is 5.69 Å². The number of hydrogen-bond acceptors (Lipinski definition) is 8. The number of aromatic amines is 2. The molecular formula is C21H23N7O4S. The summed E-state index contributed by atoms with van der Waals surface area (Å²) in [4.78, 5) is 38.9. The van der Waals surface area contributed by atoms with Crippen LogP contribution >= 0.6 is 11.8 Å². The van der Waals surface area contributed by atoms with Crippen molar-refractivity contribution in [2.45, 2.75) is 43.6 Å². The normalized spacial score (nSPS) is 20.4. The van der Waals surface area contributed by atoms with Crippen LogP contribution < -0.4 is 21.7 Å². The second-order valence-corrected chi connectivity index (χ2v) is 9.43. The number of imidazole rings is 1. The predicted molar refractivity (Wildman–Crippen MR) is 121 cm³/mol. The van der Waals surface area contributed by atoms with Gasteiger partial charge in [-0.25, -0.2) is 9.78 Å². The lowest BCUT2D eigenvalue weighted by Gasteiger charge is -2.11. The Morgan fingerprint density at radius 1 is 1.45 bits per heavy atom. The molecule has 1 aliphatic heterocycles. The second kappa shape index (κ2) is 8.52. The molecule has 4 heterocycles. The fraction of sp³-hybridized carbons (Fsp3) is 0.381. The zero-order chi connectivity index (χ0) is 23.1. The van der Waals surface area contributed by atoms with E-state index >= 15 is 0 Å². The summed E-state index contributed by atoms with van der Waals surface area (Å²) in [6, 6.07) is 2.17. The Morgan fingerprint density at radius 3 is 2.97 bits per heavy atom. The van der Waals surface area contributed by atoms with Gasteiger partial charge in [0.05, 0.1) is 34.2 Å². The Labute approximate surface area is 191 Å². The molecule has 0 spiro atoms. The number of nitrogens with zero attached hydrogens (tertiary/aromatic N) is 4. The highest BCUT2D eigenvalue weighted by Crippen LogP contribution is 2.42. The molecule has 3 aromatic rings. The van der Waals surface area contributed by atoms with Crippen LogP contribution in [0.1, 0.15) is 42.8 Å². The number of carbonyl (C=O) groups is 1. The van der Waals surface area contributed by atoms with Crippen LogP contribution in [0, 0.1) is 0 Å². The van der Waals surface area contributed by atoms with Crippen molar-refractivity contribution < 1.29 is 15.0 Å². The molecule has 1 saturated carbocycles. The molecule has 172 valence electrons. The molecule has 5 rings (SSSR count). The van der Waals surface area contributed by atoms with E-state index in [1.54, 1.807) is 23.7 Å². The lowest BCUT2D eigenvalue weighted by molar-refractivity contribution is -0.117. The Balaban J connectivity index is 1.52. The van der Waals surface area contributed by atoms with E-state index in [2.05, 4.69) is 20.4 Å². The number of amides is 1. The van der Waals surface area contributed by atoms with E-state index in [9.17, 15) is 19.8 Å². The molecule has 2 atom stereocenters. The molecule has 0 aromatic carbocycles. The number of fused-ring (bicyclic) bond motifs is 1. The number of aliphatic hydroxyl groups excluding tert-OH is 1. The third-order valence-corrected chi connectivity index (χ3v) is 6.62. The first kappa shape index (κ1) is 21.5. The molecule has 0 radical (unpaired) electrons. The Bertz CT molecular complexity index is 1430. The summed E-state index contributed by atoms with van der Waals surface area (Å²) in [6.45, 7) is 1.81. The number of H-pyrrole nitrogens is 2. The van der Waals surface area contributed by atoms with Crippen molar-refractivity contribution in [2.24, 2.45) is 4.99 Å². The number of thioether (sulfide) groups is 1. The van der Waals surface area contributed by atoms with Crippen LogP contribution in [0.2, 0.25) is 0 Å². The van der Waals surface area contributed by atoms with E-state index in [4.69, 9.17) is 9.98 Å². The molecule has 5 N–H and O–H groups in total. The van der Waals surface area contributed by atoms with E-state index in [1.165, 1.54) is 11.8 Å². The quantitative estimate of drug-likeness (QED) is 0.329. The molecule has 3 aromatic heterocycles. The standard InChI is InChI=1S/C21H23N7O4S/c1-10(29)8-22-20(31)16-5-4-15(33-16)13-7-17(24-12-2-3-12)28-18(25-13)11(9-23-28)6-14-19(30)27-21(32)26-14/h5-7,9-10,12,15,29-30H,2-4,8H2,1H3,(H,22,31)(H2,26,27,32). The van der Waals surface area contributed by atoms with Crippen molar-refractivity contribution in [2.75, 3.05) is 6.54 Å². The monoisotopic (exact) mass is 469 g/mol. The molecule has 11 nitrogen and oxygen atoms in total. The van der Waals surface area contributed by atoms with Gasteiger partial charge in [0.25, 0.3) is 5.91 Å². The van der Waals surface area contributed by atoms with E-state index in [0.29, 0.717) is 27.7 Å². The average molecular weight is 470 g/mol. The predicted octanol–water partition coefficient (Wildman–Crippen LogP) is -0.379. The molecule has 0 saturated heterocycles. The van der Waals surface area contributed by atoms with Crippen molar-refractivity contribution in [3.8, 4) is 5.88 Å². The summed E-state index contributed by atoms with van der Waals surface area (Å²) >= 11 is 1.42. The molecule has 2 aliphatic rings. The number of nitrogens with one attached hydrogen (secondary N) is 3. The molecule has 1 aliphatic carbocycles. The van der Waals surface area contributed by atoms with Gasteiger partial charge in [-0.05, 0) is 32.3 Å². The Kier molecular flexibility index (Phi) is 5.54. The summed E-state index contributed by atoms with van der Waals surface area (Å²) in [7, 11) is 0. The van der Waals surface area contributed by atoms with Crippen molar-refractivity contribution >= 4 is 29.4 Å². The van der Waals surface area contributed by atoms with Crippen LogP contribution in [0.25, 0.3) is 11.7 Å². The molecule has 2 unspecified atom stereocenters. The highest BCUT2D eigenvalue weighted by atomic mass is 32.2. The maximum Gasteiger partial charge on any atom is 0.326 e. The SMILES string of the molecule is CC(O)CNC(=O)C1=CCC(c2cc(=NC3CC3)n3ncc(=Cc4[nH]c(=O)[nH]c4O)c3n2)S1. The maximum absolute atomic E-state index is 12.4. The van der Waals surface area contributed by atoms with Crippen LogP contribution in [0.3, 0.4) is 0 Å². The highest BCUT2D eigenvalue weighted by molar-refractivity contribution is 8.04.